The van der Waals surface area contributed by atoms with Crippen LogP contribution in [0.4, 0.5) is 0 Å². The molecule has 0 fully saturated rings. The zero-order chi connectivity index (χ0) is 19.2. The standard InChI is InChI=1S/C19H19NO4.C2H7N/c1-22-14-9-5-8-13-10-15-17(18(21)16(13)14)19(20-24-15)23-11-12-6-3-2-4-7-12;1-3-2/h2-4,6-7,9,13,16H,5,8,10-11H2,1H3;3H,1-2H3. The maximum atomic E-state index is 13.0. The fraction of sp³-hybridized carbons (Fsp3) is 0.429. The zero-order valence-corrected chi connectivity index (χ0v) is 16.0. The Morgan fingerprint density at radius 2 is 2.00 bits per heavy atom. The molecule has 1 aromatic carbocycles. The number of ether oxygens (including phenoxy) is 2. The van der Waals surface area contributed by atoms with Crippen LogP contribution in [0.25, 0.3) is 0 Å². The molecule has 0 saturated carbocycles. The third-order valence-electron chi connectivity index (χ3n) is 4.82. The molecule has 144 valence electrons. The Hall–Kier alpha value is -2.60. The van der Waals surface area contributed by atoms with E-state index in [0.29, 0.717) is 30.2 Å². The van der Waals surface area contributed by atoms with E-state index >= 15 is 0 Å². The molecule has 6 nitrogen and oxygen atoms in total. The van der Waals surface area contributed by atoms with Crippen molar-refractivity contribution < 1.29 is 18.8 Å². The van der Waals surface area contributed by atoms with Crippen LogP contribution in [0.2, 0.25) is 0 Å². The first-order valence-corrected chi connectivity index (χ1v) is 9.21. The van der Waals surface area contributed by atoms with Crippen LogP contribution in [0, 0.1) is 11.8 Å². The molecule has 0 aliphatic heterocycles. The van der Waals surface area contributed by atoms with Crippen molar-refractivity contribution in [3.05, 3.63) is 59.1 Å². The second-order valence-corrected chi connectivity index (χ2v) is 6.75. The SMILES string of the molecule is CNC.COC1=CCCC2Cc3onc(OCc4ccccc4)c3C(=O)C12. The van der Waals surface area contributed by atoms with Crippen molar-refractivity contribution >= 4 is 5.78 Å². The minimum Gasteiger partial charge on any atom is -0.501 e. The summed E-state index contributed by atoms with van der Waals surface area (Å²) in [6, 6.07) is 9.79. The number of hydrogen-bond donors (Lipinski definition) is 1. The van der Waals surface area contributed by atoms with Gasteiger partial charge in [0.2, 0.25) is 0 Å². The number of rotatable bonds is 4. The van der Waals surface area contributed by atoms with Gasteiger partial charge in [-0.25, -0.2) is 0 Å². The first kappa shape index (κ1) is 19.2. The van der Waals surface area contributed by atoms with Gasteiger partial charge in [0.1, 0.15) is 17.9 Å². The summed E-state index contributed by atoms with van der Waals surface area (Å²) in [5.74, 6) is 1.67. The zero-order valence-electron chi connectivity index (χ0n) is 16.0. The molecular weight excluding hydrogens is 344 g/mol. The number of hydrogen-bond acceptors (Lipinski definition) is 6. The minimum absolute atomic E-state index is 0.00152. The molecule has 0 amide bonds. The van der Waals surface area contributed by atoms with Crippen LogP contribution in [0.1, 0.15) is 34.5 Å². The average molecular weight is 370 g/mol. The lowest BCUT2D eigenvalue weighted by Crippen LogP contribution is -2.34. The number of nitrogens with zero attached hydrogens (tertiary/aromatic N) is 1. The lowest BCUT2D eigenvalue weighted by atomic mass is 9.72. The van der Waals surface area contributed by atoms with Crippen molar-refractivity contribution in [3.63, 3.8) is 0 Å². The van der Waals surface area contributed by atoms with E-state index in [-0.39, 0.29) is 17.6 Å². The van der Waals surface area contributed by atoms with E-state index in [1.165, 1.54) is 0 Å². The average Bonchev–Trinajstić information content (AvgIpc) is 3.10. The fourth-order valence-corrected chi connectivity index (χ4v) is 3.65. The predicted octanol–water partition coefficient (Wildman–Crippen LogP) is 3.38. The highest BCUT2D eigenvalue weighted by Crippen LogP contribution is 2.43. The third kappa shape index (κ3) is 4.06. The van der Waals surface area contributed by atoms with Crippen LogP contribution in [0.15, 0.2) is 46.7 Å². The molecule has 2 aromatic rings. The maximum absolute atomic E-state index is 13.0. The number of carbonyl (C=O) groups excluding carboxylic acids is 1. The van der Waals surface area contributed by atoms with E-state index in [1.54, 1.807) is 7.11 Å². The molecule has 4 rings (SSSR count). The normalized spacial score (nSPS) is 20.6. The van der Waals surface area contributed by atoms with Crippen LogP contribution < -0.4 is 10.1 Å². The van der Waals surface area contributed by atoms with E-state index in [9.17, 15) is 4.79 Å². The summed E-state index contributed by atoms with van der Waals surface area (Å²) in [5, 5.41) is 6.74. The van der Waals surface area contributed by atoms with E-state index in [1.807, 2.05) is 50.5 Å². The summed E-state index contributed by atoms with van der Waals surface area (Å²) in [6.45, 7) is 0.355. The number of Topliss-reactive ketones (excluding diaryl/α,β-unsaturated/α-hetero) is 1. The summed E-state index contributed by atoms with van der Waals surface area (Å²) in [5.41, 5.74) is 1.50. The lowest BCUT2D eigenvalue weighted by Gasteiger charge is -2.33. The smallest absolute Gasteiger partial charge is 0.265 e. The Morgan fingerprint density at radius 3 is 2.70 bits per heavy atom. The van der Waals surface area contributed by atoms with Crippen molar-refractivity contribution in [2.24, 2.45) is 11.8 Å². The molecule has 1 aromatic heterocycles. The fourth-order valence-electron chi connectivity index (χ4n) is 3.65. The van der Waals surface area contributed by atoms with Crippen molar-refractivity contribution in [2.75, 3.05) is 21.2 Å². The number of allylic oxidation sites excluding steroid dienone is 2. The van der Waals surface area contributed by atoms with Crippen molar-refractivity contribution in [1.82, 2.24) is 10.5 Å². The molecule has 1 N–H and O–H groups in total. The van der Waals surface area contributed by atoms with Crippen LogP contribution in [-0.2, 0) is 17.8 Å². The molecule has 2 aliphatic rings. The van der Waals surface area contributed by atoms with Gasteiger partial charge in [-0.3, -0.25) is 4.79 Å². The Morgan fingerprint density at radius 1 is 1.26 bits per heavy atom. The second kappa shape index (κ2) is 8.86. The molecule has 27 heavy (non-hydrogen) atoms. The summed E-state index contributed by atoms with van der Waals surface area (Å²) in [6.07, 6.45) is 4.61. The molecule has 2 unspecified atom stereocenters. The van der Waals surface area contributed by atoms with Crippen LogP contribution in [0.3, 0.4) is 0 Å². The summed E-state index contributed by atoms with van der Waals surface area (Å²) >= 11 is 0. The molecule has 1 heterocycles. The van der Waals surface area contributed by atoms with Crippen LogP contribution >= 0.6 is 0 Å². The van der Waals surface area contributed by atoms with Crippen molar-refractivity contribution in [3.8, 4) is 5.88 Å². The molecular formula is C21H26N2O4. The largest absolute Gasteiger partial charge is 0.501 e. The van der Waals surface area contributed by atoms with Gasteiger partial charge in [0.25, 0.3) is 5.88 Å². The second-order valence-electron chi connectivity index (χ2n) is 6.75. The van der Waals surface area contributed by atoms with Gasteiger partial charge in [-0.2, -0.15) is 0 Å². The van der Waals surface area contributed by atoms with Gasteiger partial charge < -0.3 is 19.3 Å². The van der Waals surface area contributed by atoms with Gasteiger partial charge in [0.05, 0.1) is 13.0 Å². The Labute approximate surface area is 159 Å². The van der Waals surface area contributed by atoms with E-state index < -0.39 is 0 Å². The summed E-state index contributed by atoms with van der Waals surface area (Å²) in [4.78, 5) is 13.0. The van der Waals surface area contributed by atoms with E-state index in [4.69, 9.17) is 14.0 Å². The summed E-state index contributed by atoms with van der Waals surface area (Å²) in [7, 11) is 5.37. The van der Waals surface area contributed by atoms with Gasteiger partial charge in [-0.1, -0.05) is 30.3 Å². The minimum atomic E-state index is -0.241. The Kier molecular flexibility index (Phi) is 6.29. The van der Waals surface area contributed by atoms with Gasteiger partial charge in [0, 0.05) is 6.42 Å². The van der Waals surface area contributed by atoms with Crippen molar-refractivity contribution in [1.29, 1.82) is 0 Å². The highest BCUT2D eigenvalue weighted by Gasteiger charge is 2.44. The van der Waals surface area contributed by atoms with Crippen LogP contribution in [0.5, 0.6) is 5.88 Å². The highest BCUT2D eigenvalue weighted by molar-refractivity contribution is 6.03. The molecule has 2 aliphatic carbocycles. The van der Waals surface area contributed by atoms with Gasteiger partial charge in [-0.15, -0.1) is 0 Å². The highest BCUT2D eigenvalue weighted by atomic mass is 16.5. The number of nitrogens with one attached hydrogen (secondary N) is 1. The molecule has 0 bridgehead atoms. The monoisotopic (exact) mass is 370 g/mol. The predicted molar refractivity (Wildman–Crippen MR) is 102 cm³/mol. The molecule has 6 heteroatoms. The Balaban J connectivity index is 0.000000659. The summed E-state index contributed by atoms with van der Waals surface area (Å²) < 4.78 is 16.6. The number of ketones is 1. The van der Waals surface area contributed by atoms with Crippen molar-refractivity contribution in [2.45, 2.75) is 25.9 Å². The molecule has 0 radical (unpaired) electrons. The molecule has 0 spiro atoms. The first-order valence-electron chi connectivity index (χ1n) is 9.21. The lowest BCUT2D eigenvalue weighted by molar-refractivity contribution is 0.0780. The first-order chi connectivity index (χ1) is 13.2. The quantitative estimate of drug-likeness (QED) is 0.889. The number of benzene rings is 1. The van der Waals surface area contributed by atoms with Gasteiger partial charge >= 0.3 is 0 Å². The van der Waals surface area contributed by atoms with Gasteiger partial charge in [0.15, 0.2) is 11.5 Å². The van der Waals surface area contributed by atoms with Gasteiger partial charge in [-0.05, 0) is 49.7 Å². The number of fused-ring (bicyclic) bond motifs is 2. The number of methoxy groups -OCH3 is 1. The molecule has 0 saturated heterocycles. The number of aromatic nitrogens is 1. The van der Waals surface area contributed by atoms with Crippen LogP contribution in [-0.4, -0.2) is 32.1 Å². The maximum Gasteiger partial charge on any atom is 0.265 e. The Bertz CT molecular complexity index is 798. The molecule has 2 atom stereocenters. The number of carbonyl (C=O) groups is 1. The third-order valence-corrected chi connectivity index (χ3v) is 4.82. The topological polar surface area (TPSA) is 73.6 Å². The van der Waals surface area contributed by atoms with E-state index in [0.717, 1.165) is 24.2 Å². The van der Waals surface area contributed by atoms with E-state index in [2.05, 4.69) is 10.5 Å².